The Morgan fingerprint density at radius 2 is 1.77 bits per heavy atom. The van der Waals surface area contributed by atoms with E-state index in [4.69, 9.17) is 25.6 Å². The van der Waals surface area contributed by atoms with Gasteiger partial charge in [0.2, 0.25) is 0 Å². The smallest absolute Gasteiger partial charge is 0.444 e. The van der Waals surface area contributed by atoms with E-state index in [1.807, 2.05) is 60.6 Å². The van der Waals surface area contributed by atoms with E-state index in [-0.39, 0.29) is 12.0 Å². The first kappa shape index (κ1) is 22.3. The summed E-state index contributed by atoms with van der Waals surface area (Å²) >= 11 is 6.66. The summed E-state index contributed by atoms with van der Waals surface area (Å²) in [5, 5.41) is 1.42. The maximum Gasteiger partial charge on any atom is 0.496 e. The van der Waals surface area contributed by atoms with Crippen molar-refractivity contribution >= 4 is 41.2 Å². The lowest BCUT2D eigenvalue weighted by Gasteiger charge is -2.39. The summed E-state index contributed by atoms with van der Waals surface area (Å²) in [6.45, 7) is 14.7. The van der Waals surface area contributed by atoms with Gasteiger partial charge < -0.3 is 18.9 Å². The molecule has 1 amide bonds. The van der Waals surface area contributed by atoms with Crippen molar-refractivity contribution in [3.63, 3.8) is 0 Å². The monoisotopic (exact) mass is 445 g/mol. The van der Waals surface area contributed by atoms with Crippen LogP contribution in [-0.2, 0) is 14.0 Å². The number of amides is 1. The van der Waals surface area contributed by atoms with Crippen LogP contribution in [0, 0.1) is 0 Å². The number of rotatable bonds is 2. The average molecular weight is 446 g/mol. The minimum Gasteiger partial charge on any atom is -0.444 e. The number of likely N-dealkylation sites (tertiary alicyclic amines) is 1. The lowest BCUT2D eigenvalue weighted by molar-refractivity contribution is 0.00578. The normalized spacial score (nSPS) is 20.8. The zero-order valence-corrected chi connectivity index (χ0v) is 19.9. The maximum atomic E-state index is 12.3. The number of fused-ring (bicyclic) bond motifs is 1. The van der Waals surface area contributed by atoms with Crippen LogP contribution in [0.15, 0.2) is 18.5 Å². The van der Waals surface area contributed by atoms with Crippen LogP contribution in [0.4, 0.5) is 4.79 Å². The molecule has 0 atom stereocenters. The van der Waals surface area contributed by atoms with Gasteiger partial charge >= 0.3 is 13.2 Å². The maximum absolute atomic E-state index is 12.3. The van der Waals surface area contributed by atoms with Gasteiger partial charge in [-0.3, -0.25) is 0 Å². The van der Waals surface area contributed by atoms with Crippen LogP contribution in [0.3, 0.4) is 0 Å². The molecular weight excluding hydrogens is 417 g/mol. The molecule has 0 saturated carbocycles. The van der Waals surface area contributed by atoms with Crippen LogP contribution in [0.5, 0.6) is 0 Å². The predicted molar refractivity (Wildman–Crippen MR) is 121 cm³/mol. The molecule has 1 aromatic carbocycles. The second kappa shape index (κ2) is 7.32. The van der Waals surface area contributed by atoms with Crippen LogP contribution in [0.25, 0.3) is 10.9 Å². The predicted octanol–water partition coefficient (Wildman–Crippen LogP) is 3.92. The third kappa shape index (κ3) is 4.13. The van der Waals surface area contributed by atoms with Gasteiger partial charge in [0.15, 0.2) is 0 Å². The van der Waals surface area contributed by atoms with Crippen molar-refractivity contribution in [2.75, 3.05) is 13.1 Å². The van der Waals surface area contributed by atoms with E-state index in [1.165, 1.54) is 0 Å². The standard InChI is InChI=1S/C22H29BClN3O4/c1-20(2,3)29-19(28)27-10-13(11-27)18-14-8-16(24)15(9-17(14)25-12-26-18)23-30-21(4,5)22(6,7)31-23/h8-9,12-13H,10-11H2,1-7H3. The summed E-state index contributed by atoms with van der Waals surface area (Å²) in [5.41, 5.74) is 0.984. The molecule has 0 radical (unpaired) electrons. The molecule has 1 aromatic heterocycles. The van der Waals surface area contributed by atoms with E-state index < -0.39 is 23.9 Å². The Morgan fingerprint density at radius 3 is 2.35 bits per heavy atom. The number of hydrogen-bond donors (Lipinski definition) is 0. The van der Waals surface area contributed by atoms with Gasteiger partial charge in [0.05, 0.1) is 22.4 Å². The van der Waals surface area contributed by atoms with E-state index >= 15 is 0 Å². The summed E-state index contributed by atoms with van der Waals surface area (Å²) in [4.78, 5) is 22.9. The number of carbonyl (C=O) groups is 1. The Hall–Kier alpha value is -1.90. The molecule has 0 N–H and O–H groups in total. The topological polar surface area (TPSA) is 73.8 Å². The molecule has 2 fully saturated rings. The summed E-state index contributed by atoms with van der Waals surface area (Å²) < 4.78 is 17.8. The molecule has 0 spiro atoms. The summed E-state index contributed by atoms with van der Waals surface area (Å²) in [7, 11) is -0.563. The first-order chi connectivity index (χ1) is 14.3. The highest BCUT2D eigenvalue weighted by Crippen LogP contribution is 2.38. The number of halogens is 1. The minimum atomic E-state index is -0.563. The number of benzene rings is 1. The molecule has 0 aliphatic carbocycles. The SMILES string of the molecule is CC(C)(C)OC(=O)N1CC(c2ncnc3cc(B4OC(C)(C)C(C)(C)O4)c(Cl)cc23)C1. The van der Waals surface area contributed by atoms with Crippen molar-refractivity contribution in [1.29, 1.82) is 0 Å². The van der Waals surface area contributed by atoms with Crippen LogP contribution < -0.4 is 5.46 Å². The summed E-state index contributed by atoms with van der Waals surface area (Å²) in [6, 6.07) is 3.79. The highest BCUT2D eigenvalue weighted by atomic mass is 35.5. The Labute approximate surface area is 188 Å². The lowest BCUT2D eigenvalue weighted by atomic mass is 9.78. The van der Waals surface area contributed by atoms with Crippen LogP contribution >= 0.6 is 11.6 Å². The van der Waals surface area contributed by atoms with Crippen LogP contribution in [0.2, 0.25) is 5.02 Å². The van der Waals surface area contributed by atoms with E-state index in [2.05, 4.69) is 9.97 Å². The molecule has 2 aromatic rings. The summed E-state index contributed by atoms with van der Waals surface area (Å²) in [5.74, 6) is 0.108. The van der Waals surface area contributed by atoms with Crippen molar-refractivity contribution in [2.24, 2.45) is 0 Å². The second-order valence-electron chi connectivity index (χ2n) is 10.3. The molecule has 4 rings (SSSR count). The average Bonchev–Trinajstić information content (AvgIpc) is 2.79. The van der Waals surface area contributed by atoms with Gasteiger partial charge in [-0.25, -0.2) is 14.8 Å². The Bertz CT molecular complexity index is 1020. The number of aromatic nitrogens is 2. The molecule has 2 aliphatic rings. The molecule has 9 heteroatoms. The van der Waals surface area contributed by atoms with Crippen molar-refractivity contribution in [3.05, 3.63) is 29.2 Å². The van der Waals surface area contributed by atoms with Gasteiger partial charge in [-0.05, 0) is 60.6 Å². The molecule has 7 nitrogen and oxygen atoms in total. The Balaban J connectivity index is 1.57. The molecule has 0 unspecified atom stereocenters. The molecule has 2 aliphatic heterocycles. The highest BCUT2D eigenvalue weighted by Gasteiger charge is 2.52. The van der Waals surface area contributed by atoms with Gasteiger partial charge in [-0.2, -0.15) is 0 Å². The quantitative estimate of drug-likeness (QED) is 0.652. The number of ether oxygens (including phenoxy) is 1. The van der Waals surface area contributed by atoms with E-state index in [0.717, 1.165) is 22.1 Å². The van der Waals surface area contributed by atoms with Gasteiger partial charge in [0.25, 0.3) is 0 Å². The second-order valence-corrected chi connectivity index (χ2v) is 10.7. The first-order valence-electron chi connectivity index (χ1n) is 10.5. The third-order valence-electron chi connectivity index (χ3n) is 6.21. The van der Waals surface area contributed by atoms with Gasteiger partial charge in [-0.15, -0.1) is 0 Å². The summed E-state index contributed by atoms with van der Waals surface area (Å²) in [6.07, 6.45) is 1.25. The van der Waals surface area contributed by atoms with Crippen LogP contribution in [-0.4, -0.2) is 58.0 Å². The largest absolute Gasteiger partial charge is 0.496 e. The van der Waals surface area contributed by atoms with E-state index in [0.29, 0.717) is 18.1 Å². The molecule has 2 saturated heterocycles. The molecule has 166 valence electrons. The van der Waals surface area contributed by atoms with Gasteiger partial charge in [-0.1, -0.05) is 11.6 Å². The third-order valence-corrected chi connectivity index (χ3v) is 6.54. The number of hydrogen-bond acceptors (Lipinski definition) is 6. The fourth-order valence-corrected chi connectivity index (χ4v) is 3.97. The zero-order chi connectivity index (χ0) is 22.8. The molecule has 0 bridgehead atoms. The van der Waals surface area contributed by atoms with Crippen molar-refractivity contribution in [1.82, 2.24) is 14.9 Å². The number of carbonyl (C=O) groups excluding carboxylic acids is 1. The van der Waals surface area contributed by atoms with Crippen molar-refractivity contribution < 1.29 is 18.8 Å². The fraction of sp³-hybridized carbons (Fsp3) is 0.591. The molecular formula is C22H29BClN3O4. The van der Waals surface area contributed by atoms with Crippen molar-refractivity contribution in [2.45, 2.75) is 71.2 Å². The van der Waals surface area contributed by atoms with Crippen molar-refractivity contribution in [3.8, 4) is 0 Å². The first-order valence-corrected chi connectivity index (χ1v) is 10.9. The lowest BCUT2D eigenvalue weighted by Crippen LogP contribution is -2.50. The molecule has 31 heavy (non-hydrogen) atoms. The zero-order valence-electron chi connectivity index (χ0n) is 19.2. The van der Waals surface area contributed by atoms with Crippen LogP contribution in [0.1, 0.15) is 60.1 Å². The van der Waals surface area contributed by atoms with Gasteiger partial charge in [0.1, 0.15) is 11.9 Å². The van der Waals surface area contributed by atoms with E-state index in [1.54, 1.807) is 11.2 Å². The number of nitrogens with zero attached hydrogens (tertiary/aromatic N) is 3. The molecule has 3 heterocycles. The highest BCUT2D eigenvalue weighted by molar-refractivity contribution is 6.66. The fourth-order valence-electron chi connectivity index (χ4n) is 3.72. The van der Waals surface area contributed by atoms with Gasteiger partial charge in [0, 0.05) is 34.9 Å². The van der Waals surface area contributed by atoms with E-state index in [9.17, 15) is 4.79 Å². The minimum absolute atomic E-state index is 0.108. The Morgan fingerprint density at radius 1 is 1.16 bits per heavy atom. The Kier molecular flexibility index (Phi) is 5.27.